The lowest BCUT2D eigenvalue weighted by molar-refractivity contribution is 0.603. The zero-order chi connectivity index (χ0) is 12.4. The lowest BCUT2D eigenvalue weighted by Gasteiger charge is -2.26. The number of halogens is 1. The predicted molar refractivity (Wildman–Crippen MR) is 73.3 cm³/mol. The summed E-state index contributed by atoms with van der Waals surface area (Å²) in [6.07, 6.45) is 0.985. The first-order valence-corrected chi connectivity index (χ1v) is 6.84. The van der Waals surface area contributed by atoms with Gasteiger partial charge in [-0.1, -0.05) is 13.8 Å². The van der Waals surface area contributed by atoms with Crippen LogP contribution in [0.5, 0.6) is 0 Å². The first-order valence-electron chi connectivity index (χ1n) is 6.05. The maximum absolute atomic E-state index is 4.53. The second-order valence-corrected chi connectivity index (χ2v) is 5.65. The Morgan fingerprint density at radius 2 is 2.18 bits per heavy atom. The predicted octanol–water partition coefficient (Wildman–Crippen LogP) is 1.98. The van der Waals surface area contributed by atoms with Gasteiger partial charge >= 0.3 is 0 Å². The van der Waals surface area contributed by atoms with Crippen molar-refractivity contribution in [2.24, 2.45) is 5.92 Å². The highest BCUT2D eigenvalue weighted by Crippen LogP contribution is 2.24. The van der Waals surface area contributed by atoms with E-state index in [1.807, 2.05) is 0 Å². The first kappa shape index (κ1) is 12.8. The Hall–Kier alpha value is -0.680. The summed E-state index contributed by atoms with van der Waals surface area (Å²) >= 11 is 3.41. The van der Waals surface area contributed by atoms with Crippen LogP contribution < -0.4 is 10.2 Å². The maximum Gasteiger partial charge on any atom is 0.198 e. The molecule has 1 aliphatic heterocycles. The van der Waals surface area contributed by atoms with Crippen LogP contribution in [-0.4, -0.2) is 30.1 Å². The Morgan fingerprint density at radius 1 is 1.41 bits per heavy atom. The van der Waals surface area contributed by atoms with Crippen molar-refractivity contribution >= 4 is 21.7 Å². The standard InChI is InChI=1S/C12H19BrN4/c1-8(2)7-17(3)11-9-6-14-5-4-10(9)15-12(13)16-11/h8,14H,4-7H2,1-3H3. The Morgan fingerprint density at radius 3 is 2.88 bits per heavy atom. The molecule has 0 radical (unpaired) electrons. The lowest BCUT2D eigenvalue weighted by atomic mass is 10.1. The van der Waals surface area contributed by atoms with Crippen LogP contribution >= 0.6 is 15.9 Å². The monoisotopic (exact) mass is 298 g/mol. The summed E-state index contributed by atoms with van der Waals surface area (Å²) in [5.74, 6) is 1.68. The number of nitrogens with one attached hydrogen (secondary N) is 1. The Labute approximate surface area is 111 Å². The second kappa shape index (κ2) is 5.31. The molecule has 2 rings (SSSR count). The molecule has 5 heteroatoms. The van der Waals surface area contributed by atoms with E-state index in [-0.39, 0.29) is 0 Å². The van der Waals surface area contributed by atoms with Gasteiger partial charge in [-0.3, -0.25) is 0 Å². The van der Waals surface area contributed by atoms with Gasteiger partial charge in [-0.15, -0.1) is 0 Å². The number of rotatable bonds is 3. The summed E-state index contributed by atoms with van der Waals surface area (Å²) in [5.41, 5.74) is 2.43. The van der Waals surface area contributed by atoms with Gasteiger partial charge in [0.05, 0.1) is 5.69 Å². The molecule has 1 aliphatic rings. The number of hydrogen-bond donors (Lipinski definition) is 1. The minimum absolute atomic E-state index is 0.626. The van der Waals surface area contributed by atoms with E-state index >= 15 is 0 Å². The summed E-state index contributed by atoms with van der Waals surface area (Å²) in [6, 6.07) is 0. The van der Waals surface area contributed by atoms with Crippen LogP contribution in [-0.2, 0) is 13.0 Å². The summed E-state index contributed by atoms with van der Waals surface area (Å²) in [4.78, 5) is 11.2. The van der Waals surface area contributed by atoms with Crippen molar-refractivity contribution in [3.8, 4) is 0 Å². The van der Waals surface area contributed by atoms with Gasteiger partial charge in [0.1, 0.15) is 5.82 Å². The van der Waals surface area contributed by atoms with Crippen LogP contribution in [0.4, 0.5) is 5.82 Å². The SMILES string of the molecule is CC(C)CN(C)c1nc(Br)nc2c1CNCC2. The van der Waals surface area contributed by atoms with E-state index in [1.54, 1.807) is 0 Å². The molecule has 2 heterocycles. The van der Waals surface area contributed by atoms with Crippen molar-refractivity contribution in [1.29, 1.82) is 0 Å². The van der Waals surface area contributed by atoms with Gasteiger partial charge in [0, 0.05) is 38.7 Å². The van der Waals surface area contributed by atoms with Gasteiger partial charge in [-0.05, 0) is 21.8 Å². The normalized spacial score (nSPS) is 14.9. The van der Waals surface area contributed by atoms with Crippen LogP contribution in [0, 0.1) is 5.92 Å². The molecule has 0 atom stereocenters. The molecule has 1 aromatic heterocycles. The molecule has 94 valence electrons. The molecule has 4 nitrogen and oxygen atoms in total. The molecule has 0 saturated heterocycles. The molecule has 0 spiro atoms. The van der Waals surface area contributed by atoms with Gasteiger partial charge in [0.2, 0.25) is 0 Å². The highest BCUT2D eigenvalue weighted by Gasteiger charge is 2.19. The molecule has 0 fully saturated rings. The van der Waals surface area contributed by atoms with Crippen molar-refractivity contribution in [3.05, 3.63) is 16.0 Å². The smallest absolute Gasteiger partial charge is 0.198 e. The van der Waals surface area contributed by atoms with E-state index in [9.17, 15) is 0 Å². The molecule has 0 aromatic carbocycles. The minimum Gasteiger partial charge on any atom is -0.359 e. The van der Waals surface area contributed by atoms with Gasteiger partial charge in [-0.25, -0.2) is 9.97 Å². The molecule has 0 saturated carbocycles. The molecule has 1 aromatic rings. The number of anilines is 1. The number of fused-ring (bicyclic) bond motifs is 1. The molecule has 0 aliphatic carbocycles. The van der Waals surface area contributed by atoms with Crippen LogP contribution in [0.15, 0.2) is 4.73 Å². The first-order chi connectivity index (χ1) is 8.08. The van der Waals surface area contributed by atoms with E-state index in [4.69, 9.17) is 0 Å². The number of nitrogens with zero attached hydrogens (tertiary/aromatic N) is 3. The molecule has 0 unspecified atom stereocenters. The van der Waals surface area contributed by atoms with Crippen LogP contribution in [0.2, 0.25) is 0 Å². The highest BCUT2D eigenvalue weighted by molar-refractivity contribution is 9.10. The third-order valence-corrected chi connectivity index (χ3v) is 3.24. The minimum atomic E-state index is 0.626. The van der Waals surface area contributed by atoms with Gasteiger partial charge in [0.25, 0.3) is 0 Å². The fourth-order valence-corrected chi connectivity index (χ4v) is 2.63. The second-order valence-electron chi connectivity index (χ2n) is 4.94. The van der Waals surface area contributed by atoms with E-state index < -0.39 is 0 Å². The Kier molecular flexibility index (Phi) is 3.99. The zero-order valence-corrected chi connectivity index (χ0v) is 12.2. The molecular weight excluding hydrogens is 280 g/mol. The van der Waals surface area contributed by atoms with Crippen LogP contribution in [0.1, 0.15) is 25.1 Å². The van der Waals surface area contributed by atoms with Crippen molar-refractivity contribution < 1.29 is 0 Å². The average Bonchev–Trinajstić information content (AvgIpc) is 2.26. The third-order valence-electron chi connectivity index (χ3n) is 2.88. The highest BCUT2D eigenvalue weighted by atomic mass is 79.9. The fraction of sp³-hybridized carbons (Fsp3) is 0.667. The summed E-state index contributed by atoms with van der Waals surface area (Å²) in [6.45, 7) is 7.33. The van der Waals surface area contributed by atoms with E-state index in [2.05, 4.69) is 57.0 Å². The van der Waals surface area contributed by atoms with Gasteiger partial charge in [-0.2, -0.15) is 0 Å². The number of hydrogen-bond acceptors (Lipinski definition) is 4. The van der Waals surface area contributed by atoms with E-state index in [1.165, 1.54) is 11.3 Å². The molecule has 0 bridgehead atoms. The summed E-state index contributed by atoms with van der Waals surface area (Å²) in [5, 5.41) is 3.39. The van der Waals surface area contributed by atoms with Crippen LogP contribution in [0.25, 0.3) is 0 Å². The Balaban J connectivity index is 2.35. The summed E-state index contributed by atoms with van der Waals surface area (Å²) < 4.78 is 0.698. The zero-order valence-electron chi connectivity index (χ0n) is 10.6. The maximum atomic E-state index is 4.53. The lowest BCUT2D eigenvalue weighted by Crippen LogP contribution is -2.31. The topological polar surface area (TPSA) is 41.1 Å². The molecule has 17 heavy (non-hydrogen) atoms. The number of aromatic nitrogens is 2. The third kappa shape index (κ3) is 2.96. The molecule has 0 amide bonds. The largest absolute Gasteiger partial charge is 0.359 e. The van der Waals surface area contributed by atoms with Gasteiger partial charge < -0.3 is 10.2 Å². The van der Waals surface area contributed by atoms with Crippen molar-refractivity contribution in [2.75, 3.05) is 25.0 Å². The van der Waals surface area contributed by atoms with Crippen molar-refractivity contribution in [1.82, 2.24) is 15.3 Å². The van der Waals surface area contributed by atoms with Gasteiger partial charge in [0.15, 0.2) is 4.73 Å². The van der Waals surface area contributed by atoms with Crippen molar-refractivity contribution in [2.45, 2.75) is 26.8 Å². The quantitative estimate of drug-likeness (QED) is 0.867. The Bertz CT molecular complexity index is 406. The fourth-order valence-electron chi connectivity index (χ4n) is 2.25. The molecule has 1 N–H and O–H groups in total. The van der Waals surface area contributed by atoms with Crippen LogP contribution in [0.3, 0.4) is 0 Å². The average molecular weight is 299 g/mol. The summed E-state index contributed by atoms with van der Waals surface area (Å²) in [7, 11) is 2.10. The molecular formula is C12H19BrN4. The van der Waals surface area contributed by atoms with E-state index in [0.717, 1.165) is 31.9 Å². The van der Waals surface area contributed by atoms with Crippen molar-refractivity contribution in [3.63, 3.8) is 0 Å². The van der Waals surface area contributed by atoms with E-state index in [0.29, 0.717) is 10.7 Å².